The van der Waals surface area contributed by atoms with Crippen LogP contribution in [0.1, 0.15) is 26.2 Å². The summed E-state index contributed by atoms with van der Waals surface area (Å²) in [6, 6.07) is 0. The minimum Gasteiger partial charge on any atom is -0.466 e. The lowest BCUT2D eigenvalue weighted by Gasteiger charge is -2.60. The van der Waals surface area contributed by atoms with Crippen LogP contribution in [0.4, 0.5) is 0 Å². The van der Waals surface area contributed by atoms with E-state index in [-0.39, 0.29) is 30.4 Å². The first kappa shape index (κ1) is 23.5. The number of esters is 2. The Bertz CT molecular complexity index is 689. The summed E-state index contributed by atoms with van der Waals surface area (Å²) in [4.78, 5) is 24.3. The molecule has 7 atom stereocenters. The standard InChI is InChI=1S/C20H30O9/c1-10(8-21)17(25)29-12-7-19(3)13(23)5-6-20(27,9-22)16(19)15(24)14(12)11(2)18(26)28-4/h12-16,21-24,27H,1-2,5-9H2,3-4H3/t12-,13+,14+,15-,16+,19-,20+/m0/s1. The molecule has 0 aromatic carbocycles. The molecule has 2 rings (SSSR count). The highest BCUT2D eigenvalue weighted by molar-refractivity contribution is 5.89. The molecule has 0 heterocycles. The maximum absolute atomic E-state index is 12.2. The fourth-order valence-electron chi connectivity index (χ4n) is 4.93. The topological polar surface area (TPSA) is 154 Å². The number of carbonyl (C=O) groups is 2. The lowest BCUT2D eigenvalue weighted by atomic mass is 9.49. The molecule has 164 valence electrons. The average Bonchev–Trinajstić information content (AvgIpc) is 2.69. The summed E-state index contributed by atoms with van der Waals surface area (Å²) >= 11 is 0. The molecule has 0 spiro atoms. The molecular weight excluding hydrogens is 384 g/mol. The maximum Gasteiger partial charge on any atom is 0.336 e. The molecule has 0 unspecified atom stereocenters. The van der Waals surface area contributed by atoms with Crippen molar-refractivity contribution >= 4 is 11.9 Å². The van der Waals surface area contributed by atoms with Gasteiger partial charge >= 0.3 is 11.9 Å². The van der Waals surface area contributed by atoms with Gasteiger partial charge in [0, 0.05) is 16.9 Å². The zero-order valence-electron chi connectivity index (χ0n) is 16.7. The molecule has 2 aliphatic carbocycles. The van der Waals surface area contributed by atoms with Gasteiger partial charge in [0.2, 0.25) is 0 Å². The van der Waals surface area contributed by atoms with Gasteiger partial charge in [-0.3, -0.25) is 0 Å². The van der Waals surface area contributed by atoms with Crippen molar-refractivity contribution in [1.29, 1.82) is 0 Å². The molecule has 0 amide bonds. The Hall–Kier alpha value is -1.78. The summed E-state index contributed by atoms with van der Waals surface area (Å²) in [5, 5.41) is 51.8. The second-order valence-corrected chi connectivity index (χ2v) is 8.24. The van der Waals surface area contributed by atoms with Gasteiger partial charge < -0.3 is 35.0 Å². The van der Waals surface area contributed by atoms with Crippen molar-refractivity contribution in [1.82, 2.24) is 0 Å². The average molecular weight is 414 g/mol. The molecule has 9 nitrogen and oxygen atoms in total. The maximum atomic E-state index is 12.2. The molecule has 0 radical (unpaired) electrons. The second-order valence-electron chi connectivity index (χ2n) is 8.24. The van der Waals surface area contributed by atoms with Crippen LogP contribution in [0.2, 0.25) is 0 Å². The molecule has 0 aromatic heterocycles. The zero-order chi connectivity index (χ0) is 22.1. The summed E-state index contributed by atoms with van der Waals surface area (Å²) in [6.07, 6.45) is -3.35. The molecule has 2 fully saturated rings. The van der Waals surface area contributed by atoms with Crippen molar-refractivity contribution in [3.63, 3.8) is 0 Å². The fourth-order valence-corrected chi connectivity index (χ4v) is 4.93. The summed E-state index contributed by atoms with van der Waals surface area (Å²) in [5.41, 5.74) is -3.22. The Labute approximate surface area is 169 Å². The molecule has 0 aromatic rings. The van der Waals surface area contributed by atoms with Gasteiger partial charge in [0.15, 0.2) is 0 Å². The van der Waals surface area contributed by atoms with Crippen LogP contribution in [0, 0.1) is 17.3 Å². The Balaban J connectivity index is 2.52. The fraction of sp³-hybridized carbons (Fsp3) is 0.700. The molecule has 29 heavy (non-hydrogen) atoms. The number of fused-ring (bicyclic) bond motifs is 1. The van der Waals surface area contributed by atoms with Crippen LogP contribution in [0.3, 0.4) is 0 Å². The first-order chi connectivity index (χ1) is 13.5. The van der Waals surface area contributed by atoms with Crippen LogP contribution < -0.4 is 0 Å². The third kappa shape index (κ3) is 3.97. The van der Waals surface area contributed by atoms with Gasteiger partial charge in [-0.25, -0.2) is 9.59 Å². The van der Waals surface area contributed by atoms with E-state index in [4.69, 9.17) is 9.84 Å². The molecule has 2 saturated carbocycles. The van der Waals surface area contributed by atoms with Crippen LogP contribution in [0.25, 0.3) is 0 Å². The van der Waals surface area contributed by atoms with Crippen LogP contribution in [0.15, 0.2) is 24.3 Å². The first-order valence-electron chi connectivity index (χ1n) is 9.43. The van der Waals surface area contributed by atoms with Gasteiger partial charge in [-0.2, -0.15) is 0 Å². The summed E-state index contributed by atoms with van der Waals surface area (Å²) in [6.45, 7) is 7.42. The van der Waals surface area contributed by atoms with E-state index >= 15 is 0 Å². The van der Waals surface area contributed by atoms with Crippen LogP contribution in [0.5, 0.6) is 0 Å². The highest BCUT2D eigenvalue weighted by Crippen LogP contribution is 2.57. The third-order valence-corrected chi connectivity index (χ3v) is 6.51. The van der Waals surface area contributed by atoms with Gasteiger partial charge in [0.1, 0.15) is 6.10 Å². The van der Waals surface area contributed by atoms with E-state index in [1.54, 1.807) is 6.92 Å². The number of carbonyl (C=O) groups excluding carboxylic acids is 2. The SMILES string of the molecule is C=C(CO)C(=O)O[C@H]1C[C@@]2(C)[C@H](O)CC[C@@](O)(CO)[C@@H]2[C@@H](O)[C@@H]1C(=C)C(=O)OC. The van der Waals surface area contributed by atoms with Crippen molar-refractivity contribution < 1.29 is 44.6 Å². The number of aliphatic hydroxyl groups is 5. The minimum atomic E-state index is -1.70. The summed E-state index contributed by atoms with van der Waals surface area (Å²) in [7, 11) is 1.13. The van der Waals surface area contributed by atoms with Gasteiger partial charge in [-0.1, -0.05) is 20.1 Å². The first-order valence-corrected chi connectivity index (χ1v) is 9.43. The number of methoxy groups -OCH3 is 1. The monoisotopic (exact) mass is 414 g/mol. The predicted octanol–water partition coefficient (Wildman–Crippen LogP) is -0.943. The van der Waals surface area contributed by atoms with E-state index in [9.17, 15) is 30.0 Å². The van der Waals surface area contributed by atoms with E-state index in [2.05, 4.69) is 17.9 Å². The van der Waals surface area contributed by atoms with Crippen LogP contribution >= 0.6 is 0 Å². The van der Waals surface area contributed by atoms with E-state index in [0.29, 0.717) is 0 Å². The lowest BCUT2D eigenvalue weighted by molar-refractivity contribution is -0.249. The van der Waals surface area contributed by atoms with E-state index in [0.717, 1.165) is 7.11 Å². The van der Waals surface area contributed by atoms with Crippen molar-refractivity contribution in [2.75, 3.05) is 20.3 Å². The quantitative estimate of drug-likeness (QED) is 0.274. The normalized spacial score (nSPS) is 39.2. The number of ether oxygens (including phenoxy) is 2. The Kier molecular flexibility index (Phi) is 6.91. The predicted molar refractivity (Wildman–Crippen MR) is 100 cm³/mol. The van der Waals surface area contributed by atoms with Crippen molar-refractivity contribution in [2.45, 2.75) is 50.1 Å². The number of rotatable bonds is 6. The Morgan fingerprint density at radius 3 is 2.31 bits per heavy atom. The zero-order valence-corrected chi connectivity index (χ0v) is 16.7. The van der Waals surface area contributed by atoms with E-state index < -0.39 is 66.3 Å². The summed E-state index contributed by atoms with van der Waals surface area (Å²) in [5.74, 6) is -3.92. The molecule has 0 aliphatic heterocycles. The van der Waals surface area contributed by atoms with Gasteiger partial charge in [0.05, 0.1) is 49.6 Å². The number of aliphatic hydroxyl groups excluding tert-OH is 4. The molecule has 2 aliphatic rings. The molecule has 0 saturated heterocycles. The molecular formula is C20H30O9. The highest BCUT2D eigenvalue weighted by atomic mass is 16.5. The highest BCUT2D eigenvalue weighted by Gasteiger charge is 2.64. The molecule has 0 bridgehead atoms. The van der Waals surface area contributed by atoms with E-state index in [1.165, 1.54) is 0 Å². The largest absolute Gasteiger partial charge is 0.466 e. The van der Waals surface area contributed by atoms with Crippen LogP contribution in [-0.4, -0.2) is 81.7 Å². The minimum absolute atomic E-state index is 0.0245. The van der Waals surface area contributed by atoms with Crippen molar-refractivity contribution in [3.05, 3.63) is 24.3 Å². The van der Waals surface area contributed by atoms with Gasteiger partial charge in [0.25, 0.3) is 0 Å². The smallest absolute Gasteiger partial charge is 0.336 e. The number of hydrogen-bond acceptors (Lipinski definition) is 9. The second kappa shape index (κ2) is 8.53. The van der Waals surface area contributed by atoms with Crippen molar-refractivity contribution in [2.24, 2.45) is 17.3 Å². The van der Waals surface area contributed by atoms with Gasteiger partial charge in [-0.15, -0.1) is 0 Å². The van der Waals surface area contributed by atoms with E-state index in [1.807, 2.05) is 0 Å². The molecule has 5 N–H and O–H groups in total. The third-order valence-electron chi connectivity index (χ3n) is 6.51. The molecule has 9 heteroatoms. The summed E-state index contributed by atoms with van der Waals surface area (Å²) < 4.78 is 10.1. The Morgan fingerprint density at radius 1 is 1.17 bits per heavy atom. The van der Waals surface area contributed by atoms with Crippen molar-refractivity contribution in [3.8, 4) is 0 Å². The number of hydrogen-bond donors (Lipinski definition) is 5. The van der Waals surface area contributed by atoms with Crippen LogP contribution in [-0.2, 0) is 19.1 Å². The van der Waals surface area contributed by atoms with Gasteiger partial charge in [-0.05, 0) is 19.3 Å². The lowest BCUT2D eigenvalue weighted by Crippen LogP contribution is -2.68. The Morgan fingerprint density at radius 2 is 1.79 bits per heavy atom.